The summed E-state index contributed by atoms with van der Waals surface area (Å²) < 4.78 is 24.2. The molecule has 2 bridgehead atoms. The van der Waals surface area contributed by atoms with Crippen LogP contribution in [0.3, 0.4) is 0 Å². The van der Waals surface area contributed by atoms with Crippen molar-refractivity contribution >= 4 is 6.16 Å². The lowest BCUT2D eigenvalue weighted by Crippen LogP contribution is -2.81. The SMILES string of the molecule is COC(=O)Oc1ccc(C)c2c1O[C@@H]1C23CCN(CC2CC2)C(C)[C@]32CC[C@@]1(OC)C(C(C)(O)C(C)(C)C)C2. The fraction of sp³-hybridized carbons (Fsp3) is 0.781. The van der Waals surface area contributed by atoms with Crippen LogP contribution in [-0.4, -0.2) is 66.8 Å². The molecule has 7 heteroatoms. The maximum atomic E-state index is 12.3. The molecule has 0 radical (unpaired) electrons. The van der Waals surface area contributed by atoms with Crippen LogP contribution in [0.4, 0.5) is 4.79 Å². The van der Waals surface area contributed by atoms with Gasteiger partial charge in [0.1, 0.15) is 11.7 Å². The third-order valence-electron chi connectivity index (χ3n) is 12.2. The second kappa shape index (κ2) is 8.59. The summed E-state index contributed by atoms with van der Waals surface area (Å²) in [5, 5.41) is 12.3. The lowest BCUT2D eigenvalue weighted by Gasteiger charge is -2.74. The number of carbonyl (C=O) groups excluding carboxylic acids is 1. The third kappa shape index (κ3) is 3.42. The Morgan fingerprint density at radius 1 is 1.15 bits per heavy atom. The van der Waals surface area contributed by atoms with Gasteiger partial charge in [0.15, 0.2) is 11.5 Å². The molecule has 7 rings (SSSR count). The van der Waals surface area contributed by atoms with Crippen molar-refractivity contribution in [3.8, 4) is 11.5 Å². The predicted octanol–water partition coefficient (Wildman–Crippen LogP) is 5.63. The zero-order valence-corrected chi connectivity index (χ0v) is 25.1. The average Bonchev–Trinajstić information content (AvgIpc) is 3.63. The van der Waals surface area contributed by atoms with E-state index < -0.39 is 17.4 Å². The molecule has 2 spiro atoms. The van der Waals surface area contributed by atoms with Crippen LogP contribution in [0.5, 0.6) is 11.5 Å². The van der Waals surface area contributed by atoms with Crippen LogP contribution in [0.1, 0.15) is 84.3 Å². The first-order chi connectivity index (χ1) is 18.3. The Hall–Kier alpha value is -1.83. The maximum Gasteiger partial charge on any atom is 0.513 e. The number of piperidine rings is 1. The molecule has 4 saturated carbocycles. The van der Waals surface area contributed by atoms with Gasteiger partial charge in [-0.05, 0) is 94.2 Å². The Balaban J connectivity index is 1.58. The van der Waals surface area contributed by atoms with Crippen molar-refractivity contribution in [2.75, 3.05) is 27.3 Å². The van der Waals surface area contributed by atoms with Gasteiger partial charge in [0.2, 0.25) is 0 Å². The molecular formula is C32H47NO6. The number of methoxy groups -OCH3 is 2. The largest absolute Gasteiger partial charge is 0.513 e. The van der Waals surface area contributed by atoms with Gasteiger partial charge in [0.25, 0.3) is 0 Å². The van der Waals surface area contributed by atoms with E-state index in [9.17, 15) is 9.90 Å². The maximum absolute atomic E-state index is 12.3. The quantitative estimate of drug-likeness (QED) is 0.383. The Bertz CT molecular complexity index is 1170. The van der Waals surface area contributed by atoms with Crippen LogP contribution < -0.4 is 9.47 Å². The minimum atomic E-state index is -0.987. The summed E-state index contributed by atoms with van der Waals surface area (Å²) in [7, 11) is 3.12. The van der Waals surface area contributed by atoms with E-state index in [1.807, 2.05) is 13.0 Å². The van der Waals surface area contributed by atoms with E-state index in [0.29, 0.717) is 17.5 Å². The van der Waals surface area contributed by atoms with Crippen LogP contribution in [0.15, 0.2) is 12.1 Å². The minimum Gasteiger partial charge on any atom is -0.482 e. The summed E-state index contributed by atoms with van der Waals surface area (Å²) in [6.07, 6.45) is 5.29. The minimum absolute atomic E-state index is 0.120. The van der Waals surface area contributed by atoms with Gasteiger partial charge in [0, 0.05) is 36.6 Å². The summed E-state index contributed by atoms with van der Waals surface area (Å²) in [6, 6.07) is 4.19. The fourth-order valence-corrected chi connectivity index (χ4v) is 9.42. The van der Waals surface area contributed by atoms with Crippen molar-refractivity contribution in [1.29, 1.82) is 0 Å². The van der Waals surface area contributed by atoms with Crippen LogP contribution in [0, 0.1) is 29.6 Å². The number of fused-ring (bicyclic) bond motifs is 3. The van der Waals surface area contributed by atoms with Crippen LogP contribution >= 0.6 is 0 Å². The molecule has 4 aliphatic carbocycles. The number of ether oxygens (including phenoxy) is 4. The highest BCUT2D eigenvalue weighted by Gasteiger charge is 2.80. The first-order valence-electron chi connectivity index (χ1n) is 14.9. The predicted molar refractivity (Wildman–Crippen MR) is 148 cm³/mol. The normalized spacial score (nSPS) is 38.7. The van der Waals surface area contributed by atoms with Crippen molar-refractivity contribution in [3.05, 3.63) is 23.3 Å². The van der Waals surface area contributed by atoms with Gasteiger partial charge in [-0.25, -0.2) is 4.79 Å². The van der Waals surface area contributed by atoms with Crippen molar-refractivity contribution in [1.82, 2.24) is 4.90 Å². The second-order valence-corrected chi connectivity index (χ2v) is 14.4. The van der Waals surface area contributed by atoms with Gasteiger partial charge in [0.05, 0.1) is 12.7 Å². The molecule has 4 unspecified atom stereocenters. The molecule has 1 aromatic rings. The molecule has 0 amide bonds. The number of hydrogen-bond acceptors (Lipinski definition) is 7. The van der Waals surface area contributed by atoms with Crippen molar-refractivity contribution < 1.29 is 28.8 Å². The van der Waals surface area contributed by atoms with E-state index in [1.54, 1.807) is 7.11 Å². The summed E-state index contributed by atoms with van der Waals surface area (Å²) in [5.41, 5.74) is -0.117. The van der Waals surface area contributed by atoms with Crippen molar-refractivity contribution in [3.63, 3.8) is 0 Å². The van der Waals surface area contributed by atoms with Crippen LogP contribution in [-0.2, 0) is 14.9 Å². The van der Waals surface area contributed by atoms with Gasteiger partial charge in [-0.1, -0.05) is 26.8 Å². The number of benzene rings is 1. The van der Waals surface area contributed by atoms with Crippen molar-refractivity contribution in [2.45, 2.75) is 109 Å². The zero-order chi connectivity index (χ0) is 28.2. The van der Waals surface area contributed by atoms with Gasteiger partial charge >= 0.3 is 6.16 Å². The molecule has 7 atom stereocenters. The number of aliphatic hydroxyl groups is 1. The lowest BCUT2D eigenvalue weighted by atomic mass is 9.35. The topological polar surface area (TPSA) is 77.5 Å². The number of hydrogen-bond donors (Lipinski definition) is 1. The molecule has 39 heavy (non-hydrogen) atoms. The van der Waals surface area contributed by atoms with Gasteiger partial charge < -0.3 is 24.1 Å². The van der Waals surface area contributed by atoms with E-state index in [2.05, 4.69) is 45.6 Å². The Labute approximate surface area is 233 Å². The Morgan fingerprint density at radius 2 is 1.87 bits per heavy atom. The summed E-state index contributed by atoms with van der Waals surface area (Å²) >= 11 is 0. The lowest BCUT2D eigenvalue weighted by molar-refractivity contribution is -0.309. The molecule has 216 valence electrons. The molecule has 1 saturated heterocycles. The molecule has 2 heterocycles. The third-order valence-corrected chi connectivity index (χ3v) is 12.2. The number of aryl methyl sites for hydroxylation is 1. The first-order valence-corrected chi connectivity index (χ1v) is 14.9. The highest BCUT2D eigenvalue weighted by molar-refractivity contribution is 5.69. The van der Waals surface area contributed by atoms with Gasteiger partial charge in [-0.15, -0.1) is 0 Å². The number of nitrogens with zero attached hydrogens (tertiary/aromatic N) is 1. The van der Waals surface area contributed by atoms with E-state index in [1.165, 1.54) is 25.5 Å². The molecule has 7 nitrogen and oxygen atoms in total. The smallest absolute Gasteiger partial charge is 0.482 e. The molecule has 1 N–H and O–H groups in total. The average molecular weight is 542 g/mol. The van der Waals surface area contributed by atoms with Gasteiger partial charge in [-0.2, -0.15) is 0 Å². The molecule has 5 fully saturated rings. The summed E-state index contributed by atoms with van der Waals surface area (Å²) in [6.45, 7) is 15.1. The molecule has 6 aliphatic rings. The van der Waals surface area contributed by atoms with Gasteiger partial charge in [-0.3, -0.25) is 4.90 Å². The van der Waals surface area contributed by atoms with E-state index in [4.69, 9.17) is 18.9 Å². The monoisotopic (exact) mass is 541 g/mol. The van der Waals surface area contributed by atoms with E-state index in [-0.39, 0.29) is 28.3 Å². The number of likely N-dealkylation sites (tertiary alicyclic amines) is 1. The van der Waals surface area contributed by atoms with Crippen molar-refractivity contribution in [2.24, 2.45) is 22.7 Å². The fourth-order valence-electron chi connectivity index (χ4n) is 9.42. The Morgan fingerprint density at radius 3 is 2.49 bits per heavy atom. The molecule has 0 aromatic heterocycles. The second-order valence-electron chi connectivity index (χ2n) is 14.4. The number of carbonyl (C=O) groups is 1. The highest BCUT2D eigenvalue weighted by Crippen LogP contribution is 2.76. The standard InChI is InChI=1S/C32H47NO6/c1-19-9-12-22(38-27(34)36-7)25-24(19)31-15-16-33(18-21-10-11-21)20(2)30(31)13-14-32(37-8,26(31)39-25)23(17-30)29(6,35)28(3,4)5/h9,12,20-21,23,26,35H,10-11,13-18H2,1-8H3/t20?,23?,26-,29?,30-,31?,32-/m1/s1. The molecule has 2 aliphatic heterocycles. The molecular weight excluding hydrogens is 494 g/mol. The van der Waals surface area contributed by atoms with Crippen LogP contribution in [0.2, 0.25) is 0 Å². The van der Waals surface area contributed by atoms with E-state index >= 15 is 0 Å². The van der Waals surface area contributed by atoms with Crippen LogP contribution in [0.25, 0.3) is 0 Å². The summed E-state index contributed by atoms with van der Waals surface area (Å²) in [4.78, 5) is 15.0. The highest BCUT2D eigenvalue weighted by atomic mass is 16.7. The zero-order valence-electron chi connectivity index (χ0n) is 25.1. The molecule has 1 aromatic carbocycles. The first kappa shape index (κ1) is 27.3. The Kier molecular flexibility index (Phi) is 6.02. The number of rotatable bonds is 5. The van der Waals surface area contributed by atoms with E-state index in [0.717, 1.165) is 50.3 Å². The summed E-state index contributed by atoms with van der Waals surface area (Å²) in [5.74, 6) is 1.74.